The number of aryl methyl sites for hydroxylation is 1. The molecule has 1 aliphatic heterocycles. The van der Waals surface area contributed by atoms with Crippen molar-refractivity contribution in [3.8, 4) is 0 Å². The molecule has 190 valence electrons. The van der Waals surface area contributed by atoms with Gasteiger partial charge in [0, 0.05) is 12.5 Å². The van der Waals surface area contributed by atoms with E-state index in [-0.39, 0.29) is 36.2 Å². The van der Waals surface area contributed by atoms with Gasteiger partial charge in [-0.3, -0.25) is 14.4 Å². The minimum Gasteiger partial charge on any atom is -0.347 e. The molecule has 0 spiro atoms. The number of hydrogen-bond donors (Lipinski definition) is 1. The summed E-state index contributed by atoms with van der Waals surface area (Å²) >= 11 is 0. The molecule has 2 atom stereocenters. The molecule has 1 N–H and O–H groups in total. The normalized spacial score (nSPS) is 18.6. The van der Waals surface area contributed by atoms with Gasteiger partial charge in [0.15, 0.2) is 0 Å². The summed E-state index contributed by atoms with van der Waals surface area (Å²) in [7, 11) is 0. The lowest BCUT2D eigenvalue weighted by atomic mass is 10.0. The second-order valence-electron chi connectivity index (χ2n) is 9.88. The molecule has 1 fully saturated rings. The predicted octanol–water partition coefficient (Wildman–Crippen LogP) is 4.87. The molecule has 6 nitrogen and oxygen atoms in total. The van der Waals surface area contributed by atoms with Crippen molar-refractivity contribution in [2.75, 3.05) is 16.3 Å². The Morgan fingerprint density at radius 3 is 2.19 bits per heavy atom. The van der Waals surface area contributed by atoms with Crippen LogP contribution in [0.4, 0.5) is 11.4 Å². The van der Waals surface area contributed by atoms with E-state index in [1.54, 1.807) is 4.90 Å². The van der Waals surface area contributed by atoms with Gasteiger partial charge in [0.25, 0.3) is 0 Å². The standard InChI is InChI=1S/C31H33N3O3/c35-29(20-9-15-23-11-3-1-4-12-23)32-21-30(36)34-26-19-10-16-25(26)31(37)33(22-24-13-5-2-6-14-24)27-17-7-8-18-28(27)34/h1-8,11-14,17-18,25-26H,9-10,15-16,19-22H2,(H,32,35)/t25-,26+/m0/s1. The lowest BCUT2D eigenvalue weighted by Crippen LogP contribution is -2.48. The first-order chi connectivity index (χ1) is 18.1. The van der Waals surface area contributed by atoms with E-state index >= 15 is 0 Å². The molecule has 6 heteroatoms. The third-order valence-corrected chi connectivity index (χ3v) is 7.43. The van der Waals surface area contributed by atoms with E-state index in [1.165, 1.54) is 5.56 Å². The highest BCUT2D eigenvalue weighted by molar-refractivity contribution is 6.07. The van der Waals surface area contributed by atoms with Crippen molar-refractivity contribution in [1.29, 1.82) is 0 Å². The third-order valence-electron chi connectivity index (χ3n) is 7.43. The average Bonchev–Trinajstić information content (AvgIpc) is 3.38. The van der Waals surface area contributed by atoms with Gasteiger partial charge in [-0.05, 0) is 48.9 Å². The number of nitrogens with one attached hydrogen (secondary N) is 1. The van der Waals surface area contributed by atoms with Gasteiger partial charge < -0.3 is 15.1 Å². The number of anilines is 2. The van der Waals surface area contributed by atoms with Crippen molar-refractivity contribution in [3.63, 3.8) is 0 Å². The molecule has 0 bridgehead atoms. The fourth-order valence-corrected chi connectivity index (χ4v) is 5.63. The van der Waals surface area contributed by atoms with Crippen molar-refractivity contribution in [3.05, 3.63) is 96.1 Å². The first-order valence-electron chi connectivity index (χ1n) is 13.2. The van der Waals surface area contributed by atoms with Crippen LogP contribution >= 0.6 is 0 Å². The Kier molecular flexibility index (Phi) is 7.64. The molecule has 0 unspecified atom stereocenters. The van der Waals surface area contributed by atoms with Crippen molar-refractivity contribution in [1.82, 2.24) is 5.32 Å². The molecule has 0 radical (unpaired) electrons. The Balaban J connectivity index is 1.31. The monoisotopic (exact) mass is 495 g/mol. The minimum atomic E-state index is -0.248. The smallest absolute Gasteiger partial charge is 0.246 e. The van der Waals surface area contributed by atoms with Gasteiger partial charge in [0.2, 0.25) is 17.7 Å². The Bertz CT molecular complexity index is 1240. The molecule has 1 heterocycles. The van der Waals surface area contributed by atoms with Crippen LogP contribution in [-0.4, -0.2) is 30.3 Å². The lowest BCUT2D eigenvalue weighted by Gasteiger charge is -2.30. The molecule has 0 saturated heterocycles. The molecule has 1 aliphatic carbocycles. The summed E-state index contributed by atoms with van der Waals surface area (Å²) in [6.07, 6.45) is 4.36. The zero-order chi connectivity index (χ0) is 25.6. The van der Waals surface area contributed by atoms with Gasteiger partial charge >= 0.3 is 0 Å². The summed E-state index contributed by atoms with van der Waals surface area (Å²) in [4.78, 5) is 43.5. The van der Waals surface area contributed by atoms with Gasteiger partial charge in [-0.15, -0.1) is 0 Å². The Morgan fingerprint density at radius 2 is 1.46 bits per heavy atom. The highest BCUT2D eigenvalue weighted by Gasteiger charge is 2.45. The Morgan fingerprint density at radius 1 is 0.811 bits per heavy atom. The summed E-state index contributed by atoms with van der Waals surface area (Å²) in [5.41, 5.74) is 3.73. The van der Waals surface area contributed by atoms with Crippen LogP contribution in [0.2, 0.25) is 0 Å². The van der Waals surface area contributed by atoms with Gasteiger partial charge in [0.05, 0.1) is 30.4 Å². The number of benzene rings is 3. The van der Waals surface area contributed by atoms with Crippen molar-refractivity contribution in [2.45, 2.75) is 51.1 Å². The van der Waals surface area contributed by atoms with E-state index in [2.05, 4.69) is 17.4 Å². The second kappa shape index (κ2) is 11.4. The van der Waals surface area contributed by atoms with E-state index < -0.39 is 0 Å². The van der Waals surface area contributed by atoms with Crippen LogP contribution in [0.3, 0.4) is 0 Å². The number of amides is 3. The number of fused-ring (bicyclic) bond motifs is 2. The highest BCUT2D eigenvalue weighted by Crippen LogP contribution is 2.43. The maximum atomic E-state index is 13.8. The molecule has 0 aromatic heterocycles. The van der Waals surface area contributed by atoms with Gasteiger partial charge in [-0.25, -0.2) is 0 Å². The maximum absolute atomic E-state index is 13.8. The maximum Gasteiger partial charge on any atom is 0.246 e. The molecule has 3 amide bonds. The molecule has 3 aromatic rings. The van der Waals surface area contributed by atoms with Crippen molar-refractivity contribution in [2.24, 2.45) is 5.92 Å². The molecular weight excluding hydrogens is 462 g/mol. The Labute approximate surface area is 218 Å². The van der Waals surface area contributed by atoms with Crippen LogP contribution in [0.1, 0.15) is 43.2 Å². The zero-order valence-corrected chi connectivity index (χ0v) is 21.0. The Hall–Kier alpha value is -3.93. The minimum absolute atomic E-state index is 0.0686. The van der Waals surface area contributed by atoms with Gasteiger partial charge in [-0.2, -0.15) is 0 Å². The predicted molar refractivity (Wildman–Crippen MR) is 145 cm³/mol. The lowest BCUT2D eigenvalue weighted by molar-refractivity contribution is -0.126. The summed E-state index contributed by atoms with van der Waals surface area (Å²) in [6.45, 7) is 0.384. The van der Waals surface area contributed by atoms with E-state index in [0.29, 0.717) is 13.0 Å². The van der Waals surface area contributed by atoms with Crippen molar-refractivity contribution < 1.29 is 14.4 Å². The number of para-hydroxylation sites is 2. The summed E-state index contributed by atoms with van der Waals surface area (Å²) < 4.78 is 0. The topological polar surface area (TPSA) is 69.7 Å². The fourth-order valence-electron chi connectivity index (χ4n) is 5.63. The molecule has 3 aromatic carbocycles. The summed E-state index contributed by atoms with van der Waals surface area (Å²) in [5, 5.41) is 2.83. The second-order valence-corrected chi connectivity index (χ2v) is 9.88. The number of hydrogen-bond acceptors (Lipinski definition) is 3. The van der Waals surface area contributed by atoms with E-state index in [4.69, 9.17) is 0 Å². The molecule has 37 heavy (non-hydrogen) atoms. The first-order valence-corrected chi connectivity index (χ1v) is 13.2. The zero-order valence-electron chi connectivity index (χ0n) is 21.0. The summed E-state index contributed by atoms with van der Waals surface area (Å²) in [5.74, 6) is -0.479. The number of carbonyl (C=O) groups is 3. The van der Waals surface area contributed by atoms with Gasteiger partial charge in [-0.1, -0.05) is 79.2 Å². The molecule has 5 rings (SSSR count). The average molecular weight is 496 g/mol. The number of carbonyl (C=O) groups excluding carboxylic acids is 3. The third kappa shape index (κ3) is 5.58. The van der Waals surface area contributed by atoms with Crippen LogP contribution in [0, 0.1) is 5.92 Å². The van der Waals surface area contributed by atoms with Crippen LogP contribution in [0.25, 0.3) is 0 Å². The largest absolute Gasteiger partial charge is 0.347 e. The van der Waals surface area contributed by atoms with E-state index in [1.807, 2.05) is 77.7 Å². The number of nitrogens with zero attached hydrogens (tertiary/aromatic N) is 2. The van der Waals surface area contributed by atoms with E-state index in [0.717, 1.165) is 49.0 Å². The molecule has 2 aliphatic rings. The van der Waals surface area contributed by atoms with Crippen LogP contribution in [0.15, 0.2) is 84.9 Å². The summed E-state index contributed by atoms with van der Waals surface area (Å²) in [6, 6.07) is 27.5. The van der Waals surface area contributed by atoms with Crippen LogP contribution in [-0.2, 0) is 27.3 Å². The quantitative estimate of drug-likeness (QED) is 0.485. The SMILES string of the molecule is O=C(CCCc1ccccc1)NCC(=O)N1c2ccccc2N(Cc2ccccc2)C(=O)[C@H]2CCC[C@H]21. The molecular formula is C31H33N3O3. The fraction of sp³-hybridized carbons (Fsp3) is 0.323. The number of rotatable bonds is 8. The van der Waals surface area contributed by atoms with Crippen LogP contribution in [0.5, 0.6) is 0 Å². The van der Waals surface area contributed by atoms with Crippen molar-refractivity contribution >= 4 is 29.1 Å². The molecule has 1 saturated carbocycles. The van der Waals surface area contributed by atoms with Crippen LogP contribution < -0.4 is 15.1 Å². The highest BCUT2D eigenvalue weighted by atomic mass is 16.2. The van der Waals surface area contributed by atoms with E-state index in [9.17, 15) is 14.4 Å². The first kappa shape index (κ1) is 24.8. The van der Waals surface area contributed by atoms with Gasteiger partial charge in [0.1, 0.15) is 0 Å².